The predicted octanol–water partition coefficient (Wildman–Crippen LogP) is 4.11. The summed E-state index contributed by atoms with van der Waals surface area (Å²) in [5.74, 6) is 0.843. The zero-order valence-corrected chi connectivity index (χ0v) is 12.3. The Morgan fingerprint density at radius 3 is 2.80 bits per heavy atom. The van der Waals surface area contributed by atoms with E-state index in [-0.39, 0.29) is 0 Å². The summed E-state index contributed by atoms with van der Waals surface area (Å²) in [5, 5.41) is 11.3. The first kappa shape index (κ1) is 13.7. The van der Waals surface area contributed by atoms with Gasteiger partial charge in [-0.05, 0) is 67.4 Å². The van der Waals surface area contributed by atoms with Crippen LogP contribution in [-0.2, 0) is 12.0 Å². The SMILES string of the molecule is COc1ccc2c(c1)C(O)(/C1=C/CCCCCC1)CC2. The lowest BCUT2D eigenvalue weighted by molar-refractivity contribution is 0.0731. The van der Waals surface area contributed by atoms with Gasteiger partial charge in [-0.25, -0.2) is 0 Å². The Morgan fingerprint density at radius 1 is 1.10 bits per heavy atom. The standard InChI is InChI=1S/C18H24O2/c1-20-16-10-9-14-11-12-18(19,17(14)13-16)15-7-5-3-2-4-6-8-15/h7,9-10,13,19H,2-6,8,11-12H2,1H3/b15-7+. The molecule has 0 saturated carbocycles. The van der Waals surface area contributed by atoms with E-state index in [1.54, 1.807) is 7.11 Å². The molecule has 1 aromatic carbocycles. The van der Waals surface area contributed by atoms with Crippen molar-refractivity contribution >= 4 is 0 Å². The van der Waals surface area contributed by atoms with Crippen molar-refractivity contribution in [1.29, 1.82) is 0 Å². The molecule has 0 spiro atoms. The molecule has 2 aliphatic carbocycles. The number of fused-ring (bicyclic) bond motifs is 1. The summed E-state index contributed by atoms with van der Waals surface area (Å²) in [4.78, 5) is 0. The lowest BCUT2D eigenvalue weighted by Crippen LogP contribution is -2.25. The minimum Gasteiger partial charge on any atom is -0.497 e. The van der Waals surface area contributed by atoms with Gasteiger partial charge in [0, 0.05) is 0 Å². The van der Waals surface area contributed by atoms with Crippen molar-refractivity contribution in [3.8, 4) is 5.75 Å². The maximum atomic E-state index is 11.3. The van der Waals surface area contributed by atoms with Gasteiger partial charge in [-0.2, -0.15) is 0 Å². The van der Waals surface area contributed by atoms with Crippen LogP contribution >= 0.6 is 0 Å². The summed E-state index contributed by atoms with van der Waals surface area (Å²) >= 11 is 0. The van der Waals surface area contributed by atoms with Gasteiger partial charge in [-0.3, -0.25) is 0 Å². The average molecular weight is 272 g/mol. The highest BCUT2D eigenvalue weighted by atomic mass is 16.5. The Bertz CT molecular complexity index is 518. The molecule has 108 valence electrons. The number of aryl methyl sites for hydroxylation is 1. The minimum atomic E-state index is -0.749. The Hall–Kier alpha value is -1.28. The molecule has 0 aromatic heterocycles. The minimum absolute atomic E-state index is 0.749. The van der Waals surface area contributed by atoms with Crippen LogP contribution < -0.4 is 4.74 Å². The van der Waals surface area contributed by atoms with E-state index in [4.69, 9.17) is 4.74 Å². The number of rotatable bonds is 2. The van der Waals surface area contributed by atoms with Gasteiger partial charge >= 0.3 is 0 Å². The first-order chi connectivity index (χ1) is 9.74. The third-order valence-electron chi connectivity index (χ3n) is 4.84. The van der Waals surface area contributed by atoms with Crippen LogP contribution in [0.5, 0.6) is 5.75 Å². The van der Waals surface area contributed by atoms with E-state index in [2.05, 4.69) is 12.1 Å². The molecule has 0 bridgehead atoms. The summed E-state index contributed by atoms with van der Waals surface area (Å²) in [5.41, 5.74) is 2.84. The van der Waals surface area contributed by atoms with Crippen LogP contribution in [0, 0.1) is 0 Å². The Balaban J connectivity index is 1.97. The third-order valence-corrected chi connectivity index (χ3v) is 4.84. The summed E-state index contributed by atoms with van der Waals surface area (Å²) in [7, 11) is 1.69. The van der Waals surface area contributed by atoms with Gasteiger partial charge in [0.1, 0.15) is 11.4 Å². The van der Waals surface area contributed by atoms with Crippen molar-refractivity contribution in [2.45, 2.75) is 57.0 Å². The van der Waals surface area contributed by atoms with Gasteiger partial charge in [0.2, 0.25) is 0 Å². The van der Waals surface area contributed by atoms with Gasteiger partial charge in [0.05, 0.1) is 7.11 Å². The first-order valence-corrected chi connectivity index (χ1v) is 7.83. The lowest BCUT2D eigenvalue weighted by atomic mass is 9.82. The lowest BCUT2D eigenvalue weighted by Gasteiger charge is -2.29. The van der Waals surface area contributed by atoms with Crippen LogP contribution in [0.2, 0.25) is 0 Å². The number of aliphatic hydroxyl groups is 1. The maximum Gasteiger partial charge on any atom is 0.119 e. The second-order valence-corrected chi connectivity index (χ2v) is 6.07. The van der Waals surface area contributed by atoms with Crippen molar-refractivity contribution in [3.63, 3.8) is 0 Å². The molecule has 1 atom stereocenters. The van der Waals surface area contributed by atoms with Crippen molar-refractivity contribution in [2.75, 3.05) is 7.11 Å². The molecule has 1 aromatic rings. The average Bonchev–Trinajstić information content (AvgIpc) is 2.76. The van der Waals surface area contributed by atoms with E-state index in [0.29, 0.717) is 0 Å². The predicted molar refractivity (Wildman–Crippen MR) is 81.0 cm³/mol. The molecule has 1 N–H and O–H groups in total. The normalized spacial score (nSPS) is 29.0. The third kappa shape index (κ3) is 2.37. The van der Waals surface area contributed by atoms with Crippen LogP contribution in [-0.4, -0.2) is 12.2 Å². The van der Waals surface area contributed by atoms with E-state index in [1.165, 1.54) is 36.8 Å². The number of hydrogen-bond acceptors (Lipinski definition) is 2. The van der Waals surface area contributed by atoms with Crippen LogP contribution in [0.3, 0.4) is 0 Å². The number of allylic oxidation sites excluding steroid dienone is 1. The number of methoxy groups -OCH3 is 1. The monoisotopic (exact) mass is 272 g/mol. The topological polar surface area (TPSA) is 29.5 Å². The van der Waals surface area contributed by atoms with Crippen LogP contribution in [0.1, 0.15) is 56.1 Å². The highest BCUT2D eigenvalue weighted by Crippen LogP contribution is 2.45. The molecule has 0 heterocycles. The Kier molecular flexibility index (Phi) is 3.84. The number of ether oxygens (including phenoxy) is 1. The van der Waals surface area contributed by atoms with Crippen LogP contribution in [0.15, 0.2) is 29.8 Å². The highest BCUT2D eigenvalue weighted by Gasteiger charge is 2.39. The van der Waals surface area contributed by atoms with E-state index < -0.39 is 5.60 Å². The Morgan fingerprint density at radius 2 is 1.95 bits per heavy atom. The summed E-state index contributed by atoms with van der Waals surface area (Å²) < 4.78 is 5.33. The van der Waals surface area contributed by atoms with Gasteiger partial charge in [-0.1, -0.05) is 25.0 Å². The number of hydrogen-bond donors (Lipinski definition) is 1. The second kappa shape index (κ2) is 5.61. The second-order valence-electron chi connectivity index (χ2n) is 6.07. The molecule has 2 nitrogen and oxygen atoms in total. The molecule has 1 unspecified atom stereocenters. The van der Waals surface area contributed by atoms with Crippen molar-refractivity contribution in [3.05, 3.63) is 41.0 Å². The van der Waals surface area contributed by atoms with Crippen molar-refractivity contribution < 1.29 is 9.84 Å². The zero-order chi connectivity index (χ0) is 14.0. The fraction of sp³-hybridized carbons (Fsp3) is 0.556. The van der Waals surface area contributed by atoms with Crippen molar-refractivity contribution in [1.82, 2.24) is 0 Å². The largest absolute Gasteiger partial charge is 0.497 e. The van der Waals surface area contributed by atoms with Crippen LogP contribution in [0.25, 0.3) is 0 Å². The smallest absolute Gasteiger partial charge is 0.119 e. The molecule has 3 rings (SSSR count). The van der Waals surface area contributed by atoms with Gasteiger partial charge in [-0.15, -0.1) is 0 Å². The summed E-state index contributed by atoms with van der Waals surface area (Å²) in [6, 6.07) is 6.13. The van der Waals surface area contributed by atoms with E-state index in [9.17, 15) is 5.11 Å². The maximum absolute atomic E-state index is 11.3. The molecular weight excluding hydrogens is 248 g/mol. The van der Waals surface area contributed by atoms with Gasteiger partial charge < -0.3 is 9.84 Å². The molecule has 0 fully saturated rings. The fourth-order valence-corrected chi connectivity index (χ4v) is 3.64. The summed E-state index contributed by atoms with van der Waals surface area (Å²) in [6.07, 6.45) is 11.3. The molecule has 0 amide bonds. The van der Waals surface area contributed by atoms with E-state index in [1.807, 2.05) is 12.1 Å². The zero-order valence-electron chi connectivity index (χ0n) is 12.3. The van der Waals surface area contributed by atoms with Crippen LogP contribution in [0.4, 0.5) is 0 Å². The molecule has 0 saturated heterocycles. The highest BCUT2D eigenvalue weighted by molar-refractivity contribution is 5.47. The molecular formula is C18H24O2. The fourth-order valence-electron chi connectivity index (χ4n) is 3.64. The van der Waals surface area contributed by atoms with Crippen molar-refractivity contribution in [2.24, 2.45) is 0 Å². The number of benzene rings is 1. The molecule has 0 aliphatic heterocycles. The van der Waals surface area contributed by atoms with Gasteiger partial charge in [0.15, 0.2) is 0 Å². The molecule has 2 heteroatoms. The molecule has 20 heavy (non-hydrogen) atoms. The van der Waals surface area contributed by atoms with E-state index in [0.717, 1.165) is 37.0 Å². The quantitative estimate of drug-likeness (QED) is 0.821. The Labute approximate surface area is 121 Å². The van der Waals surface area contributed by atoms with Gasteiger partial charge in [0.25, 0.3) is 0 Å². The molecule has 0 radical (unpaired) electrons. The molecule has 2 aliphatic rings. The van der Waals surface area contributed by atoms with E-state index >= 15 is 0 Å². The first-order valence-electron chi connectivity index (χ1n) is 7.83. The summed E-state index contributed by atoms with van der Waals surface area (Å²) in [6.45, 7) is 0.